The molecule has 2 N–H and O–H groups in total. The van der Waals surface area contributed by atoms with Gasteiger partial charge in [0, 0.05) is 36.7 Å². The van der Waals surface area contributed by atoms with Gasteiger partial charge in [-0.2, -0.15) is 11.8 Å². The van der Waals surface area contributed by atoms with Crippen molar-refractivity contribution < 1.29 is 8.42 Å². The quantitative estimate of drug-likeness (QED) is 0.787. The second kappa shape index (κ2) is 8.07. The number of sulfone groups is 1. The van der Waals surface area contributed by atoms with Crippen LogP contribution in [0.2, 0.25) is 0 Å². The molecule has 0 aromatic heterocycles. The average molecular weight is 361 g/mol. The van der Waals surface area contributed by atoms with Crippen molar-refractivity contribution in [1.29, 1.82) is 0 Å². The summed E-state index contributed by atoms with van der Waals surface area (Å²) in [5.41, 5.74) is 0. The van der Waals surface area contributed by atoms with E-state index in [-0.39, 0.29) is 5.25 Å². The highest BCUT2D eigenvalue weighted by atomic mass is 32.2. The van der Waals surface area contributed by atoms with E-state index >= 15 is 0 Å². The number of thioether (sulfide) groups is 1. The van der Waals surface area contributed by atoms with Gasteiger partial charge in [0.2, 0.25) is 0 Å². The van der Waals surface area contributed by atoms with Crippen molar-refractivity contribution in [3.8, 4) is 0 Å². The minimum Gasteiger partial charge on any atom is -0.314 e. The summed E-state index contributed by atoms with van der Waals surface area (Å²) in [6.45, 7) is 2.13. The van der Waals surface area contributed by atoms with Crippen molar-refractivity contribution in [1.82, 2.24) is 10.6 Å². The monoisotopic (exact) mass is 360 g/mol. The van der Waals surface area contributed by atoms with Crippen LogP contribution in [0.5, 0.6) is 0 Å². The largest absolute Gasteiger partial charge is 0.314 e. The predicted octanol–water partition coefficient (Wildman–Crippen LogP) is 2.20. The van der Waals surface area contributed by atoms with Crippen LogP contribution in [0.4, 0.5) is 0 Å². The van der Waals surface area contributed by atoms with Crippen LogP contribution in [0, 0.1) is 5.92 Å². The van der Waals surface area contributed by atoms with Crippen LogP contribution in [0.1, 0.15) is 51.4 Å². The third-order valence-corrected chi connectivity index (χ3v) is 9.11. The minimum atomic E-state index is -2.85. The molecule has 0 aromatic carbocycles. The number of hydrogen-bond acceptors (Lipinski definition) is 5. The molecule has 0 radical (unpaired) electrons. The lowest BCUT2D eigenvalue weighted by Gasteiger charge is -2.39. The summed E-state index contributed by atoms with van der Waals surface area (Å²) in [6.07, 6.45) is 10.6. The van der Waals surface area contributed by atoms with E-state index < -0.39 is 9.84 Å². The fraction of sp³-hybridized carbons (Fsp3) is 1.00. The fourth-order valence-electron chi connectivity index (χ4n) is 4.50. The summed E-state index contributed by atoms with van der Waals surface area (Å²) < 4.78 is 23.4. The lowest BCUT2D eigenvalue weighted by molar-refractivity contribution is 0.212. The van der Waals surface area contributed by atoms with Crippen LogP contribution in [0.3, 0.4) is 0 Å². The summed E-state index contributed by atoms with van der Waals surface area (Å²) in [6, 6.07) is 1.13. The molecule has 0 amide bonds. The molecular formula is C17H32N2O2S2. The van der Waals surface area contributed by atoms with Crippen LogP contribution < -0.4 is 10.6 Å². The van der Waals surface area contributed by atoms with Crippen molar-refractivity contribution in [3.63, 3.8) is 0 Å². The summed E-state index contributed by atoms with van der Waals surface area (Å²) in [5, 5.41) is 8.29. The van der Waals surface area contributed by atoms with E-state index in [0.717, 1.165) is 44.0 Å². The number of nitrogens with one attached hydrogen (secondary N) is 2. The third-order valence-electron chi connectivity index (χ3n) is 5.96. The first-order valence-corrected chi connectivity index (χ1v) is 12.3. The van der Waals surface area contributed by atoms with E-state index in [4.69, 9.17) is 0 Å². The molecule has 0 aromatic rings. The van der Waals surface area contributed by atoms with Gasteiger partial charge in [0.15, 0.2) is 0 Å². The highest BCUT2D eigenvalue weighted by Gasteiger charge is 2.34. The van der Waals surface area contributed by atoms with Gasteiger partial charge < -0.3 is 10.6 Å². The Morgan fingerprint density at radius 3 is 2.48 bits per heavy atom. The molecular weight excluding hydrogens is 328 g/mol. The molecule has 2 saturated heterocycles. The van der Waals surface area contributed by atoms with Crippen LogP contribution in [-0.4, -0.2) is 56.1 Å². The standard InChI is InChI=1S/C17H32N2O2S2/c1-23(20,21)16-8-4-13(5-9-16)17-12-18-11-14(19-17)6-7-15-3-2-10-22-15/h13-19H,2-12H2,1H3. The van der Waals surface area contributed by atoms with Crippen molar-refractivity contribution >= 4 is 21.6 Å². The molecule has 23 heavy (non-hydrogen) atoms. The van der Waals surface area contributed by atoms with Gasteiger partial charge in [-0.25, -0.2) is 8.42 Å². The lowest BCUT2D eigenvalue weighted by Crippen LogP contribution is -2.58. The molecule has 6 heteroatoms. The van der Waals surface area contributed by atoms with E-state index in [1.807, 2.05) is 0 Å². The molecule has 3 aliphatic rings. The molecule has 4 nitrogen and oxygen atoms in total. The Morgan fingerprint density at radius 2 is 1.83 bits per heavy atom. The zero-order valence-corrected chi connectivity index (χ0v) is 15.9. The van der Waals surface area contributed by atoms with Crippen molar-refractivity contribution in [2.24, 2.45) is 5.92 Å². The Morgan fingerprint density at radius 1 is 1.04 bits per heavy atom. The summed E-state index contributed by atoms with van der Waals surface area (Å²) in [5.74, 6) is 2.00. The summed E-state index contributed by atoms with van der Waals surface area (Å²) >= 11 is 2.16. The highest BCUT2D eigenvalue weighted by Crippen LogP contribution is 2.32. The number of hydrogen-bond donors (Lipinski definition) is 2. The van der Waals surface area contributed by atoms with E-state index in [1.54, 1.807) is 0 Å². The molecule has 134 valence electrons. The number of piperazine rings is 1. The van der Waals surface area contributed by atoms with Gasteiger partial charge in [0.05, 0.1) is 5.25 Å². The molecule has 0 spiro atoms. The van der Waals surface area contributed by atoms with Crippen LogP contribution >= 0.6 is 11.8 Å². The molecule has 0 bridgehead atoms. The van der Waals surface area contributed by atoms with Crippen molar-refractivity contribution in [3.05, 3.63) is 0 Å². The normalized spacial score (nSPS) is 39.4. The molecule has 3 unspecified atom stereocenters. The molecule has 3 rings (SSSR count). The second-order valence-electron chi connectivity index (χ2n) is 7.71. The van der Waals surface area contributed by atoms with Crippen LogP contribution in [0.15, 0.2) is 0 Å². The van der Waals surface area contributed by atoms with E-state index in [9.17, 15) is 8.42 Å². The second-order valence-corrected chi connectivity index (χ2v) is 11.4. The van der Waals surface area contributed by atoms with Crippen molar-refractivity contribution in [2.75, 3.05) is 25.1 Å². The molecule has 2 heterocycles. The van der Waals surface area contributed by atoms with Gasteiger partial charge in [0.25, 0.3) is 0 Å². The first kappa shape index (κ1) is 18.0. The Labute approximate surface area is 145 Å². The van der Waals surface area contributed by atoms with Gasteiger partial charge >= 0.3 is 0 Å². The maximum Gasteiger partial charge on any atom is 0.150 e. The van der Waals surface area contributed by atoms with Crippen molar-refractivity contribution in [2.45, 2.75) is 74.0 Å². The first-order chi connectivity index (χ1) is 11.0. The smallest absolute Gasteiger partial charge is 0.150 e. The molecule has 2 aliphatic heterocycles. The highest BCUT2D eigenvalue weighted by molar-refractivity contribution is 8.00. The van der Waals surface area contributed by atoms with Gasteiger partial charge in [0.1, 0.15) is 9.84 Å². The first-order valence-electron chi connectivity index (χ1n) is 9.29. The van der Waals surface area contributed by atoms with Gasteiger partial charge in [-0.05, 0) is 63.0 Å². The minimum absolute atomic E-state index is 0.0921. The summed E-state index contributed by atoms with van der Waals surface area (Å²) in [4.78, 5) is 0. The maximum absolute atomic E-state index is 11.7. The molecule has 3 fully saturated rings. The van der Waals surface area contributed by atoms with E-state index in [2.05, 4.69) is 22.4 Å². The van der Waals surface area contributed by atoms with Crippen LogP contribution in [0.25, 0.3) is 0 Å². The SMILES string of the molecule is CS(=O)(=O)C1CCC(C2CNCC(CCC3CCCS3)N2)CC1. The van der Waals surface area contributed by atoms with Gasteiger partial charge in [-0.1, -0.05) is 0 Å². The zero-order chi connectivity index (χ0) is 16.3. The Bertz CT molecular complexity index is 469. The molecule has 3 atom stereocenters. The number of rotatable bonds is 5. The Hall–Kier alpha value is 0.220. The van der Waals surface area contributed by atoms with Gasteiger partial charge in [-0.15, -0.1) is 0 Å². The predicted molar refractivity (Wildman–Crippen MR) is 98.9 cm³/mol. The topological polar surface area (TPSA) is 58.2 Å². The third kappa shape index (κ3) is 5.10. The average Bonchev–Trinajstić information content (AvgIpc) is 3.06. The fourth-order valence-corrected chi connectivity index (χ4v) is 6.93. The Kier molecular flexibility index (Phi) is 6.32. The zero-order valence-electron chi connectivity index (χ0n) is 14.3. The van der Waals surface area contributed by atoms with Crippen LogP contribution in [-0.2, 0) is 9.84 Å². The van der Waals surface area contributed by atoms with E-state index in [0.29, 0.717) is 18.0 Å². The molecule has 1 aliphatic carbocycles. The Balaban J connectivity index is 1.43. The maximum atomic E-state index is 11.7. The van der Waals surface area contributed by atoms with Gasteiger partial charge in [-0.3, -0.25) is 0 Å². The summed E-state index contributed by atoms with van der Waals surface area (Å²) in [7, 11) is -2.85. The lowest BCUT2D eigenvalue weighted by atomic mass is 9.82. The molecule has 1 saturated carbocycles. The van der Waals surface area contributed by atoms with E-state index in [1.165, 1.54) is 37.7 Å².